The zero-order chi connectivity index (χ0) is 20.2. The van der Waals surface area contributed by atoms with Crippen molar-refractivity contribution in [2.24, 2.45) is 0 Å². The highest BCUT2D eigenvalue weighted by Gasteiger charge is 2.21. The lowest BCUT2D eigenvalue weighted by Gasteiger charge is -2.16. The van der Waals surface area contributed by atoms with E-state index in [9.17, 15) is 14.7 Å². The van der Waals surface area contributed by atoms with Gasteiger partial charge in [-0.3, -0.25) is 19.6 Å². The van der Waals surface area contributed by atoms with Crippen LogP contribution in [0.15, 0.2) is 73.1 Å². The zero-order valence-electron chi connectivity index (χ0n) is 15.4. The van der Waals surface area contributed by atoms with Crippen molar-refractivity contribution in [3.05, 3.63) is 78.6 Å². The Kier molecular flexibility index (Phi) is 5.13. The van der Waals surface area contributed by atoms with Crippen LogP contribution in [0.2, 0.25) is 0 Å². The Hall–Kier alpha value is -3.84. The molecule has 2 aromatic heterocycles. The van der Waals surface area contributed by atoms with Crippen LogP contribution in [0.4, 0.5) is 5.69 Å². The monoisotopic (exact) mass is 386 g/mol. The minimum Gasteiger partial charge on any atom is -0.394 e. The van der Waals surface area contributed by atoms with E-state index in [1.54, 1.807) is 30.5 Å². The maximum Gasteiger partial charge on any atom is 0.253 e. The molecule has 0 saturated carbocycles. The molecule has 0 saturated heterocycles. The Morgan fingerprint density at radius 3 is 2.55 bits per heavy atom. The summed E-state index contributed by atoms with van der Waals surface area (Å²) in [5.74, 6) is -1.00. The van der Waals surface area contributed by atoms with Gasteiger partial charge in [-0.15, -0.1) is 0 Å². The summed E-state index contributed by atoms with van der Waals surface area (Å²) in [4.78, 5) is 33.6. The van der Waals surface area contributed by atoms with Gasteiger partial charge in [0.05, 0.1) is 23.2 Å². The number of aliphatic hydroxyl groups excluding tert-OH is 1. The second-order valence-corrected chi connectivity index (χ2v) is 6.53. The topological polar surface area (TPSA) is 104 Å². The van der Waals surface area contributed by atoms with Crippen molar-refractivity contribution in [3.8, 4) is 0 Å². The molecule has 0 aliphatic heterocycles. The number of benzene rings is 2. The van der Waals surface area contributed by atoms with Gasteiger partial charge in [-0.25, -0.2) is 0 Å². The number of amides is 2. The summed E-state index contributed by atoms with van der Waals surface area (Å²) >= 11 is 0. The third-order valence-corrected chi connectivity index (χ3v) is 4.53. The van der Waals surface area contributed by atoms with Crippen molar-refractivity contribution < 1.29 is 14.7 Å². The van der Waals surface area contributed by atoms with Crippen molar-refractivity contribution in [2.75, 3.05) is 11.9 Å². The number of aromatic nitrogens is 2. The highest BCUT2D eigenvalue weighted by Crippen LogP contribution is 2.17. The van der Waals surface area contributed by atoms with Crippen LogP contribution < -0.4 is 10.6 Å². The predicted molar refractivity (Wildman–Crippen MR) is 110 cm³/mol. The summed E-state index contributed by atoms with van der Waals surface area (Å²) in [6.07, 6.45) is 3.14. The second kappa shape index (κ2) is 8.04. The Bertz CT molecular complexity index is 1210. The Morgan fingerprint density at radius 1 is 0.931 bits per heavy atom. The van der Waals surface area contributed by atoms with E-state index in [0.29, 0.717) is 11.3 Å². The molecule has 1 atom stereocenters. The minimum absolute atomic E-state index is 0.312. The van der Waals surface area contributed by atoms with Gasteiger partial charge in [-0.2, -0.15) is 0 Å². The fourth-order valence-corrected chi connectivity index (χ4v) is 3.01. The first-order valence-corrected chi connectivity index (χ1v) is 9.06. The molecule has 0 aliphatic carbocycles. The summed E-state index contributed by atoms with van der Waals surface area (Å²) in [5.41, 5.74) is 2.44. The van der Waals surface area contributed by atoms with Gasteiger partial charge in [0.1, 0.15) is 6.04 Å². The van der Waals surface area contributed by atoms with Crippen LogP contribution in [0.25, 0.3) is 21.8 Å². The molecule has 2 amide bonds. The standard InChI is InChI=1S/C22H18N4O3/c27-13-20(22(29)25-17-7-8-19-15(11-17)5-3-9-23-19)26-21(28)16-10-14-4-1-2-6-18(14)24-12-16/h1-12,20,27H,13H2,(H,25,29)(H,26,28). The molecule has 3 N–H and O–H groups in total. The summed E-state index contributed by atoms with van der Waals surface area (Å²) in [5, 5.41) is 16.6. The molecule has 7 nitrogen and oxygen atoms in total. The van der Waals surface area contributed by atoms with E-state index < -0.39 is 24.5 Å². The van der Waals surface area contributed by atoms with Crippen LogP contribution in [-0.4, -0.2) is 39.5 Å². The van der Waals surface area contributed by atoms with Crippen molar-refractivity contribution in [2.45, 2.75) is 6.04 Å². The van der Waals surface area contributed by atoms with E-state index in [1.807, 2.05) is 36.4 Å². The van der Waals surface area contributed by atoms with E-state index in [2.05, 4.69) is 20.6 Å². The average Bonchev–Trinajstić information content (AvgIpc) is 2.76. The van der Waals surface area contributed by atoms with E-state index in [0.717, 1.165) is 21.8 Å². The number of anilines is 1. The molecule has 2 heterocycles. The Balaban J connectivity index is 1.48. The molecule has 4 rings (SSSR count). The average molecular weight is 386 g/mol. The number of aliphatic hydroxyl groups is 1. The highest BCUT2D eigenvalue weighted by atomic mass is 16.3. The van der Waals surface area contributed by atoms with Crippen LogP contribution in [0.3, 0.4) is 0 Å². The SMILES string of the molecule is O=C(NC(CO)C(=O)Nc1ccc2ncccc2c1)c1cnc2ccccc2c1. The third kappa shape index (κ3) is 4.04. The minimum atomic E-state index is -1.10. The van der Waals surface area contributed by atoms with Crippen molar-refractivity contribution >= 4 is 39.3 Å². The quantitative estimate of drug-likeness (QED) is 0.489. The Labute approximate surface area is 166 Å². The predicted octanol–water partition coefficient (Wildman–Crippen LogP) is 2.51. The van der Waals surface area contributed by atoms with Gasteiger partial charge < -0.3 is 15.7 Å². The smallest absolute Gasteiger partial charge is 0.253 e. The van der Waals surface area contributed by atoms with Crippen molar-refractivity contribution in [1.82, 2.24) is 15.3 Å². The summed E-state index contributed by atoms with van der Waals surface area (Å²) < 4.78 is 0. The summed E-state index contributed by atoms with van der Waals surface area (Å²) in [6, 6.07) is 17.0. The maximum atomic E-state index is 12.5. The van der Waals surface area contributed by atoms with Gasteiger partial charge in [0.25, 0.3) is 5.91 Å². The second-order valence-electron chi connectivity index (χ2n) is 6.53. The molecule has 0 bridgehead atoms. The van der Waals surface area contributed by atoms with Gasteiger partial charge >= 0.3 is 0 Å². The summed E-state index contributed by atoms with van der Waals surface area (Å²) in [7, 11) is 0. The third-order valence-electron chi connectivity index (χ3n) is 4.53. The van der Waals surface area contributed by atoms with Crippen LogP contribution in [0, 0.1) is 0 Å². The highest BCUT2D eigenvalue weighted by molar-refractivity contribution is 6.03. The van der Waals surface area contributed by atoms with E-state index >= 15 is 0 Å². The van der Waals surface area contributed by atoms with Crippen LogP contribution in [-0.2, 0) is 4.79 Å². The molecule has 7 heteroatoms. The molecular weight excluding hydrogens is 368 g/mol. The molecule has 29 heavy (non-hydrogen) atoms. The number of carbonyl (C=O) groups excluding carboxylic acids is 2. The van der Waals surface area contributed by atoms with Crippen molar-refractivity contribution in [1.29, 1.82) is 0 Å². The molecule has 2 aromatic carbocycles. The zero-order valence-corrected chi connectivity index (χ0v) is 15.4. The molecule has 0 fully saturated rings. The molecule has 0 spiro atoms. The molecule has 0 aliphatic rings. The largest absolute Gasteiger partial charge is 0.394 e. The number of hydrogen-bond acceptors (Lipinski definition) is 5. The van der Waals surface area contributed by atoms with Crippen LogP contribution >= 0.6 is 0 Å². The van der Waals surface area contributed by atoms with Gasteiger partial charge in [0.2, 0.25) is 5.91 Å². The van der Waals surface area contributed by atoms with Gasteiger partial charge in [-0.1, -0.05) is 24.3 Å². The number of para-hydroxylation sites is 1. The fraction of sp³-hybridized carbons (Fsp3) is 0.0909. The molecular formula is C22H18N4O3. The Morgan fingerprint density at radius 2 is 1.69 bits per heavy atom. The number of nitrogens with zero attached hydrogens (tertiary/aromatic N) is 2. The molecule has 144 valence electrons. The van der Waals surface area contributed by atoms with Crippen LogP contribution in [0.1, 0.15) is 10.4 Å². The van der Waals surface area contributed by atoms with E-state index in [4.69, 9.17) is 0 Å². The molecule has 1 unspecified atom stereocenters. The normalized spacial score (nSPS) is 11.9. The molecule has 0 radical (unpaired) electrons. The van der Waals surface area contributed by atoms with E-state index in [-0.39, 0.29) is 0 Å². The van der Waals surface area contributed by atoms with Gasteiger partial charge in [0.15, 0.2) is 0 Å². The van der Waals surface area contributed by atoms with Crippen molar-refractivity contribution in [3.63, 3.8) is 0 Å². The van der Waals surface area contributed by atoms with Crippen LogP contribution in [0.5, 0.6) is 0 Å². The number of pyridine rings is 2. The maximum absolute atomic E-state index is 12.5. The summed E-state index contributed by atoms with van der Waals surface area (Å²) in [6.45, 7) is -0.534. The van der Waals surface area contributed by atoms with E-state index in [1.165, 1.54) is 6.20 Å². The lowest BCUT2D eigenvalue weighted by molar-refractivity contribution is -0.118. The lowest BCUT2D eigenvalue weighted by Crippen LogP contribution is -2.46. The number of hydrogen-bond donors (Lipinski definition) is 3. The first kappa shape index (κ1) is 18.5. The first-order chi connectivity index (χ1) is 14.1. The number of carbonyl (C=O) groups is 2. The number of fused-ring (bicyclic) bond motifs is 2. The fourth-order valence-electron chi connectivity index (χ4n) is 3.01. The number of nitrogens with one attached hydrogen (secondary N) is 2. The van der Waals surface area contributed by atoms with Gasteiger partial charge in [-0.05, 0) is 36.4 Å². The number of rotatable bonds is 5. The van der Waals surface area contributed by atoms with Gasteiger partial charge in [0, 0.05) is 28.9 Å². The first-order valence-electron chi connectivity index (χ1n) is 9.06. The lowest BCUT2D eigenvalue weighted by atomic mass is 10.1. The molecule has 4 aromatic rings.